The highest BCUT2D eigenvalue weighted by Crippen LogP contribution is 2.34. The molecule has 126 valence electrons. The predicted octanol–water partition coefficient (Wildman–Crippen LogP) is 2.18. The van der Waals surface area contributed by atoms with Crippen molar-refractivity contribution in [2.24, 2.45) is 13.0 Å². The molecular weight excluding hydrogens is 294 g/mol. The number of nitrogens with zero attached hydrogens (tertiary/aromatic N) is 4. The molecule has 0 aromatic carbocycles. The fourth-order valence-electron chi connectivity index (χ4n) is 2.98. The fraction of sp³-hybridized carbons (Fsp3) is 0.688. The van der Waals surface area contributed by atoms with Crippen molar-refractivity contribution in [3.8, 4) is 0 Å². The van der Waals surface area contributed by atoms with Crippen molar-refractivity contribution in [1.82, 2.24) is 25.2 Å². The van der Waals surface area contributed by atoms with Crippen LogP contribution in [0.25, 0.3) is 0 Å². The molecule has 1 fully saturated rings. The Morgan fingerprint density at radius 2 is 2.35 bits per heavy atom. The molecule has 7 nitrogen and oxygen atoms in total. The minimum Gasteiger partial charge on any atom is -0.373 e. The van der Waals surface area contributed by atoms with E-state index in [9.17, 15) is 0 Å². The molecule has 7 heteroatoms. The second-order valence-corrected chi connectivity index (χ2v) is 6.22. The van der Waals surface area contributed by atoms with Crippen LogP contribution in [0.4, 0.5) is 0 Å². The Balaban J connectivity index is 1.56. The second-order valence-electron chi connectivity index (χ2n) is 6.22. The van der Waals surface area contributed by atoms with Crippen LogP contribution in [0.15, 0.2) is 16.9 Å². The first-order valence-corrected chi connectivity index (χ1v) is 8.33. The minimum atomic E-state index is 0.0447. The van der Waals surface area contributed by atoms with Crippen LogP contribution in [0.2, 0.25) is 0 Å². The summed E-state index contributed by atoms with van der Waals surface area (Å²) in [6, 6.07) is 0.0447. The Morgan fingerprint density at radius 3 is 3.09 bits per heavy atom. The molecular formula is C16H25N5O2. The van der Waals surface area contributed by atoms with Crippen LogP contribution in [-0.4, -0.2) is 33.1 Å². The number of aryl methyl sites for hydroxylation is 2. The minimum absolute atomic E-state index is 0.0447. The molecule has 2 aromatic rings. The van der Waals surface area contributed by atoms with E-state index < -0.39 is 0 Å². The largest absolute Gasteiger partial charge is 0.373 e. The summed E-state index contributed by atoms with van der Waals surface area (Å²) < 4.78 is 13.1. The first-order chi connectivity index (χ1) is 11.2. The van der Waals surface area contributed by atoms with Gasteiger partial charge >= 0.3 is 0 Å². The Hall–Kier alpha value is -1.73. The third-order valence-electron chi connectivity index (χ3n) is 4.28. The summed E-state index contributed by atoms with van der Waals surface area (Å²) >= 11 is 0. The highest BCUT2D eigenvalue weighted by Gasteiger charge is 2.31. The van der Waals surface area contributed by atoms with Gasteiger partial charge in [-0.25, -0.2) is 0 Å². The Kier molecular flexibility index (Phi) is 5.07. The lowest BCUT2D eigenvalue weighted by Crippen LogP contribution is -2.27. The molecule has 3 atom stereocenters. The van der Waals surface area contributed by atoms with Gasteiger partial charge in [-0.2, -0.15) is 10.1 Å². The Labute approximate surface area is 136 Å². The molecule has 3 heterocycles. The van der Waals surface area contributed by atoms with Gasteiger partial charge in [0.1, 0.15) is 0 Å². The van der Waals surface area contributed by atoms with Crippen LogP contribution in [0.1, 0.15) is 56.1 Å². The van der Waals surface area contributed by atoms with E-state index in [2.05, 4.69) is 34.4 Å². The number of rotatable bonds is 7. The standard InChI is InChI=1S/C16H25N5O2/c1-4-5-14-19-16(23-20-14)11(2)17-8-12-6-7-22-15(12)13-9-18-21(3)10-13/h9-12,15,17H,4-8H2,1-3H3/t11-,12+,15-/m0/s1. The average molecular weight is 319 g/mol. The quantitative estimate of drug-likeness (QED) is 0.843. The van der Waals surface area contributed by atoms with Crippen LogP contribution in [0.5, 0.6) is 0 Å². The highest BCUT2D eigenvalue weighted by molar-refractivity contribution is 5.11. The van der Waals surface area contributed by atoms with Crippen molar-refractivity contribution in [2.75, 3.05) is 13.2 Å². The van der Waals surface area contributed by atoms with Crippen molar-refractivity contribution < 1.29 is 9.26 Å². The fourth-order valence-corrected chi connectivity index (χ4v) is 2.98. The van der Waals surface area contributed by atoms with E-state index in [1.165, 1.54) is 0 Å². The van der Waals surface area contributed by atoms with Gasteiger partial charge < -0.3 is 14.6 Å². The van der Waals surface area contributed by atoms with Gasteiger partial charge in [-0.15, -0.1) is 0 Å². The normalized spacial score (nSPS) is 22.6. The van der Waals surface area contributed by atoms with Crippen LogP contribution < -0.4 is 5.32 Å². The van der Waals surface area contributed by atoms with Gasteiger partial charge in [-0.3, -0.25) is 4.68 Å². The molecule has 1 aliphatic heterocycles. The maximum absolute atomic E-state index is 5.89. The molecule has 0 bridgehead atoms. The zero-order valence-electron chi connectivity index (χ0n) is 14.0. The number of ether oxygens (including phenoxy) is 1. The topological polar surface area (TPSA) is 78.0 Å². The first kappa shape index (κ1) is 16.1. The molecule has 1 aliphatic rings. The van der Waals surface area contributed by atoms with Crippen LogP contribution in [0.3, 0.4) is 0 Å². The summed E-state index contributed by atoms with van der Waals surface area (Å²) in [5.41, 5.74) is 1.15. The van der Waals surface area contributed by atoms with Crippen molar-refractivity contribution >= 4 is 0 Å². The lowest BCUT2D eigenvalue weighted by atomic mass is 9.97. The number of nitrogens with one attached hydrogen (secondary N) is 1. The summed E-state index contributed by atoms with van der Waals surface area (Å²) in [7, 11) is 1.93. The third-order valence-corrected chi connectivity index (χ3v) is 4.28. The molecule has 0 spiro atoms. The van der Waals surface area contributed by atoms with E-state index in [1.807, 2.05) is 24.1 Å². The average Bonchev–Trinajstić information content (AvgIpc) is 3.25. The summed E-state index contributed by atoms with van der Waals surface area (Å²) in [5.74, 6) is 1.87. The molecule has 0 unspecified atom stereocenters. The van der Waals surface area contributed by atoms with Crippen LogP contribution in [0, 0.1) is 5.92 Å². The van der Waals surface area contributed by atoms with Gasteiger partial charge in [0, 0.05) is 44.3 Å². The number of aromatic nitrogens is 4. The highest BCUT2D eigenvalue weighted by atomic mass is 16.5. The van der Waals surface area contributed by atoms with Crippen LogP contribution >= 0.6 is 0 Å². The van der Waals surface area contributed by atoms with E-state index in [0.717, 1.165) is 43.8 Å². The lowest BCUT2D eigenvalue weighted by molar-refractivity contribution is 0.0895. The van der Waals surface area contributed by atoms with Gasteiger partial charge in [-0.05, 0) is 19.8 Å². The first-order valence-electron chi connectivity index (χ1n) is 8.33. The van der Waals surface area contributed by atoms with Crippen molar-refractivity contribution in [1.29, 1.82) is 0 Å². The Bertz CT molecular complexity index is 624. The molecule has 0 radical (unpaired) electrons. The van der Waals surface area contributed by atoms with E-state index >= 15 is 0 Å². The van der Waals surface area contributed by atoms with Crippen molar-refractivity contribution in [3.05, 3.63) is 29.7 Å². The molecule has 2 aromatic heterocycles. The van der Waals surface area contributed by atoms with Gasteiger partial charge in [0.2, 0.25) is 5.89 Å². The summed E-state index contributed by atoms with van der Waals surface area (Å²) in [6.45, 7) is 5.81. The summed E-state index contributed by atoms with van der Waals surface area (Å²) in [4.78, 5) is 4.44. The van der Waals surface area contributed by atoms with Gasteiger partial charge in [0.25, 0.3) is 0 Å². The maximum atomic E-state index is 5.89. The molecule has 0 aliphatic carbocycles. The van der Waals surface area contributed by atoms with E-state index in [4.69, 9.17) is 9.26 Å². The molecule has 0 amide bonds. The van der Waals surface area contributed by atoms with Crippen molar-refractivity contribution in [2.45, 2.75) is 45.3 Å². The maximum Gasteiger partial charge on any atom is 0.243 e. The van der Waals surface area contributed by atoms with Gasteiger partial charge in [-0.1, -0.05) is 12.1 Å². The zero-order valence-corrected chi connectivity index (χ0v) is 14.0. The van der Waals surface area contributed by atoms with Crippen LogP contribution in [-0.2, 0) is 18.2 Å². The number of hydrogen-bond donors (Lipinski definition) is 1. The summed E-state index contributed by atoms with van der Waals surface area (Å²) in [5, 5.41) is 11.8. The second kappa shape index (κ2) is 7.23. The van der Waals surface area contributed by atoms with E-state index in [-0.39, 0.29) is 12.1 Å². The molecule has 1 saturated heterocycles. The van der Waals surface area contributed by atoms with E-state index in [1.54, 1.807) is 0 Å². The molecule has 1 N–H and O–H groups in total. The lowest BCUT2D eigenvalue weighted by Gasteiger charge is -2.19. The third kappa shape index (κ3) is 3.79. The zero-order chi connectivity index (χ0) is 16.2. The number of hydrogen-bond acceptors (Lipinski definition) is 6. The monoisotopic (exact) mass is 319 g/mol. The van der Waals surface area contributed by atoms with Crippen molar-refractivity contribution in [3.63, 3.8) is 0 Å². The van der Waals surface area contributed by atoms with E-state index in [0.29, 0.717) is 11.8 Å². The smallest absolute Gasteiger partial charge is 0.243 e. The molecule has 23 heavy (non-hydrogen) atoms. The van der Waals surface area contributed by atoms with Gasteiger partial charge in [0.05, 0.1) is 18.3 Å². The molecule has 3 rings (SSSR count). The SMILES string of the molecule is CCCc1noc([C@H](C)NC[C@H]2CCO[C@@H]2c2cnn(C)c2)n1. The van der Waals surface area contributed by atoms with Gasteiger partial charge in [0.15, 0.2) is 5.82 Å². The predicted molar refractivity (Wildman–Crippen MR) is 84.7 cm³/mol. The Morgan fingerprint density at radius 1 is 1.48 bits per heavy atom. The molecule has 0 saturated carbocycles. The summed E-state index contributed by atoms with van der Waals surface area (Å²) in [6.07, 6.45) is 6.96.